The summed E-state index contributed by atoms with van der Waals surface area (Å²) in [5, 5.41) is 0. The molecule has 0 fully saturated rings. The molecule has 0 saturated carbocycles. The molecule has 0 aromatic carbocycles. The van der Waals surface area contributed by atoms with E-state index in [1.807, 2.05) is 0 Å². The monoisotopic (exact) mass is 200 g/mol. The van der Waals surface area contributed by atoms with Crippen LogP contribution in [0.15, 0.2) is 11.6 Å². The highest BCUT2D eigenvalue weighted by atomic mass is 32.2. The van der Waals surface area contributed by atoms with Crippen molar-refractivity contribution in [2.24, 2.45) is 0 Å². The van der Waals surface area contributed by atoms with Crippen molar-refractivity contribution in [1.29, 1.82) is 0 Å². The van der Waals surface area contributed by atoms with E-state index < -0.39 is 10.1 Å². The first-order valence-corrected chi connectivity index (χ1v) is 5.92. The van der Waals surface area contributed by atoms with Gasteiger partial charge in [-0.25, -0.2) is 0 Å². The lowest BCUT2D eigenvalue weighted by atomic mass is 10.2. The van der Waals surface area contributed by atoms with Crippen LogP contribution in [0.5, 0.6) is 0 Å². The minimum Gasteiger partial charge on any atom is -0.257 e. The van der Waals surface area contributed by atoms with Crippen LogP contribution in [-0.4, -0.2) is 21.3 Å². The van der Waals surface area contributed by atoms with Gasteiger partial charge in [0.25, 0.3) is 10.1 Å². The van der Waals surface area contributed by atoms with Gasteiger partial charge >= 0.3 is 0 Å². The Bertz CT molecular complexity index is 354. The summed E-state index contributed by atoms with van der Waals surface area (Å²) in [7, 11) is -3.34. The Morgan fingerprint density at radius 3 is 2.92 bits per heavy atom. The summed E-state index contributed by atoms with van der Waals surface area (Å²) in [6.45, 7) is -0.0455. The van der Waals surface area contributed by atoms with Gasteiger partial charge in [0, 0.05) is 0 Å². The Labute approximate surface area is 78.9 Å². The third kappa shape index (κ3) is 4.71. The molecule has 0 saturated heterocycles. The second-order valence-corrected chi connectivity index (χ2v) is 4.53. The van der Waals surface area contributed by atoms with Gasteiger partial charge in [-0.1, -0.05) is 17.9 Å². The molecule has 0 bridgehead atoms. The largest absolute Gasteiger partial charge is 0.265 e. The van der Waals surface area contributed by atoms with Gasteiger partial charge in [-0.15, -0.1) is 0 Å². The third-order valence-electron chi connectivity index (χ3n) is 1.64. The molecule has 0 aromatic rings. The average molecular weight is 200 g/mol. The smallest absolute Gasteiger partial charge is 0.257 e. The number of hydrogen-bond acceptors (Lipinski definition) is 3. The predicted molar refractivity (Wildman–Crippen MR) is 50.5 cm³/mol. The molecule has 1 aliphatic carbocycles. The summed E-state index contributed by atoms with van der Waals surface area (Å²) in [5.74, 6) is 5.54. The van der Waals surface area contributed by atoms with Gasteiger partial charge < -0.3 is 0 Å². The van der Waals surface area contributed by atoms with Gasteiger partial charge in [0.1, 0.15) is 6.61 Å². The fourth-order valence-corrected chi connectivity index (χ4v) is 1.34. The van der Waals surface area contributed by atoms with Gasteiger partial charge in [0.15, 0.2) is 0 Å². The lowest BCUT2D eigenvalue weighted by Gasteiger charge is -1.92. The molecule has 0 N–H and O–H groups in total. The van der Waals surface area contributed by atoms with E-state index in [-0.39, 0.29) is 6.61 Å². The Balaban J connectivity index is 2.33. The summed E-state index contributed by atoms with van der Waals surface area (Å²) < 4.78 is 25.5. The Kier molecular flexibility index (Phi) is 3.52. The van der Waals surface area contributed by atoms with E-state index >= 15 is 0 Å². The maximum atomic E-state index is 10.5. The highest BCUT2D eigenvalue weighted by Crippen LogP contribution is 2.15. The van der Waals surface area contributed by atoms with Gasteiger partial charge in [0.2, 0.25) is 0 Å². The van der Waals surface area contributed by atoms with Crippen LogP contribution in [0.1, 0.15) is 19.3 Å². The second-order valence-electron chi connectivity index (χ2n) is 2.89. The highest BCUT2D eigenvalue weighted by molar-refractivity contribution is 7.85. The summed E-state index contributed by atoms with van der Waals surface area (Å²) in [4.78, 5) is 0. The molecule has 72 valence electrons. The van der Waals surface area contributed by atoms with Crippen molar-refractivity contribution in [3.05, 3.63) is 11.6 Å². The molecule has 3 nitrogen and oxygen atoms in total. The van der Waals surface area contributed by atoms with Crippen LogP contribution in [-0.2, 0) is 14.3 Å². The van der Waals surface area contributed by atoms with E-state index in [1.54, 1.807) is 0 Å². The molecule has 4 heteroatoms. The van der Waals surface area contributed by atoms with Crippen LogP contribution < -0.4 is 0 Å². The molecule has 0 heterocycles. The highest BCUT2D eigenvalue weighted by Gasteiger charge is 2.00. The number of rotatable bonds is 2. The van der Waals surface area contributed by atoms with Crippen LogP contribution in [0.25, 0.3) is 0 Å². The van der Waals surface area contributed by atoms with E-state index in [0.717, 1.165) is 31.1 Å². The Hall–Kier alpha value is -0.790. The number of hydrogen-bond donors (Lipinski definition) is 0. The summed E-state index contributed by atoms with van der Waals surface area (Å²) in [5.41, 5.74) is 1.09. The van der Waals surface area contributed by atoms with Crippen LogP contribution in [0, 0.1) is 11.8 Å². The van der Waals surface area contributed by atoms with Crippen molar-refractivity contribution < 1.29 is 12.6 Å². The zero-order valence-corrected chi connectivity index (χ0v) is 8.36. The Morgan fingerprint density at radius 2 is 2.38 bits per heavy atom. The molecular formula is C9H12O3S. The van der Waals surface area contributed by atoms with Gasteiger partial charge in [-0.05, 0) is 24.8 Å². The normalized spacial score (nSPS) is 16.2. The minimum absolute atomic E-state index is 0.0455. The first-order valence-electron chi connectivity index (χ1n) is 4.10. The van der Waals surface area contributed by atoms with Gasteiger partial charge in [0.05, 0.1) is 6.26 Å². The molecule has 0 aliphatic heterocycles. The van der Waals surface area contributed by atoms with Crippen molar-refractivity contribution in [3.8, 4) is 11.8 Å². The maximum Gasteiger partial charge on any atom is 0.265 e. The maximum absolute atomic E-state index is 10.5. The van der Waals surface area contributed by atoms with Crippen molar-refractivity contribution in [2.75, 3.05) is 12.9 Å². The van der Waals surface area contributed by atoms with E-state index in [9.17, 15) is 8.42 Å². The summed E-state index contributed by atoms with van der Waals surface area (Å²) in [6, 6.07) is 0. The quantitative estimate of drug-likeness (QED) is 0.495. The van der Waals surface area contributed by atoms with E-state index in [4.69, 9.17) is 0 Å². The first-order chi connectivity index (χ1) is 6.08. The zero-order chi connectivity index (χ0) is 9.73. The molecule has 0 spiro atoms. The van der Waals surface area contributed by atoms with Crippen molar-refractivity contribution in [3.63, 3.8) is 0 Å². The van der Waals surface area contributed by atoms with Crippen LogP contribution in [0.2, 0.25) is 0 Å². The molecule has 0 atom stereocenters. The fourth-order valence-electron chi connectivity index (χ4n) is 1.07. The van der Waals surface area contributed by atoms with Gasteiger partial charge in [-0.3, -0.25) is 4.18 Å². The molecule has 0 aromatic heterocycles. The average Bonchev–Trinajstić information content (AvgIpc) is 2.48. The molecule has 1 aliphatic rings. The molecule has 0 amide bonds. The minimum atomic E-state index is -3.34. The zero-order valence-electron chi connectivity index (χ0n) is 7.54. The number of allylic oxidation sites excluding steroid dienone is 2. The lowest BCUT2D eigenvalue weighted by molar-refractivity contribution is 0.368. The van der Waals surface area contributed by atoms with Crippen molar-refractivity contribution in [1.82, 2.24) is 0 Å². The lowest BCUT2D eigenvalue weighted by Crippen LogP contribution is -2.02. The molecule has 0 radical (unpaired) electrons. The molecule has 1 rings (SSSR count). The van der Waals surface area contributed by atoms with Crippen LogP contribution >= 0.6 is 0 Å². The Morgan fingerprint density at radius 1 is 1.62 bits per heavy atom. The summed E-state index contributed by atoms with van der Waals surface area (Å²) in [6.07, 6.45) is 6.33. The van der Waals surface area contributed by atoms with E-state index in [0.29, 0.717) is 0 Å². The van der Waals surface area contributed by atoms with Crippen molar-refractivity contribution >= 4 is 10.1 Å². The van der Waals surface area contributed by atoms with Crippen molar-refractivity contribution in [2.45, 2.75) is 19.3 Å². The fraction of sp³-hybridized carbons (Fsp3) is 0.556. The summed E-state index contributed by atoms with van der Waals surface area (Å²) >= 11 is 0. The molecule has 13 heavy (non-hydrogen) atoms. The van der Waals surface area contributed by atoms with Crippen LogP contribution in [0.4, 0.5) is 0 Å². The molecular weight excluding hydrogens is 188 g/mol. The van der Waals surface area contributed by atoms with Gasteiger partial charge in [-0.2, -0.15) is 8.42 Å². The van der Waals surface area contributed by atoms with E-state index in [1.165, 1.54) is 0 Å². The van der Waals surface area contributed by atoms with Crippen LogP contribution in [0.3, 0.4) is 0 Å². The standard InChI is InChI=1S/C9H12O3S/c1-13(10,11)12-8-4-7-9-5-2-3-6-9/h5H,2-3,6,8H2,1H3. The predicted octanol–water partition coefficient (Wildman–Crippen LogP) is 1.08. The molecule has 0 unspecified atom stereocenters. The SMILES string of the molecule is CS(=O)(=O)OCC#CC1=CCCC1. The third-order valence-corrected chi connectivity index (χ3v) is 2.18. The first kappa shape index (κ1) is 10.3. The van der Waals surface area contributed by atoms with E-state index in [2.05, 4.69) is 22.1 Å². The topological polar surface area (TPSA) is 43.4 Å². The second kappa shape index (κ2) is 4.45.